The second-order valence-corrected chi connectivity index (χ2v) is 6.46. The number of carbonyl (C=O) groups excluding carboxylic acids is 3. The molecule has 1 aliphatic heterocycles. The zero-order valence-electron chi connectivity index (χ0n) is 16.0. The van der Waals surface area contributed by atoms with Crippen LogP contribution in [0.25, 0.3) is 0 Å². The largest absolute Gasteiger partial charge is 0.497 e. The summed E-state index contributed by atoms with van der Waals surface area (Å²) in [7, 11) is 1.55. The first-order valence-electron chi connectivity index (χ1n) is 9.02. The highest BCUT2D eigenvalue weighted by molar-refractivity contribution is 5.97. The molecule has 0 atom stereocenters. The van der Waals surface area contributed by atoms with Crippen molar-refractivity contribution in [1.82, 2.24) is 9.80 Å². The second-order valence-electron chi connectivity index (χ2n) is 6.46. The number of nitrogens with zero attached hydrogens (tertiary/aromatic N) is 3. The molecule has 0 aliphatic carbocycles. The Kier molecular flexibility index (Phi) is 5.98. The van der Waals surface area contributed by atoms with Gasteiger partial charge in [-0.05, 0) is 24.3 Å². The van der Waals surface area contributed by atoms with E-state index in [-0.39, 0.29) is 24.3 Å². The lowest BCUT2D eigenvalue weighted by Crippen LogP contribution is -2.53. The number of piperazine rings is 1. The van der Waals surface area contributed by atoms with Crippen LogP contribution in [0.5, 0.6) is 5.75 Å². The Morgan fingerprint density at radius 1 is 1.07 bits per heavy atom. The van der Waals surface area contributed by atoms with Crippen molar-refractivity contribution in [1.29, 1.82) is 0 Å². The van der Waals surface area contributed by atoms with E-state index in [1.54, 1.807) is 53.3 Å². The Morgan fingerprint density at radius 3 is 2.39 bits per heavy atom. The van der Waals surface area contributed by atoms with Crippen LogP contribution in [0.2, 0.25) is 0 Å². The van der Waals surface area contributed by atoms with Crippen LogP contribution in [0, 0.1) is 0 Å². The summed E-state index contributed by atoms with van der Waals surface area (Å²) in [5, 5.41) is 0. The fourth-order valence-electron chi connectivity index (χ4n) is 3.11. The Morgan fingerprint density at radius 2 is 1.79 bits per heavy atom. The summed E-state index contributed by atoms with van der Waals surface area (Å²) in [5.41, 5.74) is 0.604. The van der Waals surface area contributed by atoms with E-state index in [1.807, 2.05) is 0 Å². The Labute approximate surface area is 163 Å². The number of benzene rings is 1. The normalized spacial score (nSPS) is 13.9. The number of rotatable bonds is 5. The molecule has 1 saturated heterocycles. The van der Waals surface area contributed by atoms with Gasteiger partial charge in [-0.25, -0.2) is 0 Å². The van der Waals surface area contributed by atoms with E-state index in [1.165, 1.54) is 18.1 Å². The lowest BCUT2D eigenvalue weighted by Gasteiger charge is -2.35. The van der Waals surface area contributed by atoms with Crippen LogP contribution >= 0.6 is 0 Å². The van der Waals surface area contributed by atoms with Crippen molar-refractivity contribution in [3.63, 3.8) is 0 Å². The summed E-state index contributed by atoms with van der Waals surface area (Å²) in [6.45, 7) is 3.03. The van der Waals surface area contributed by atoms with E-state index >= 15 is 0 Å². The molecular weight excluding hydrogens is 362 g/mol. The highest BCUT2D eigenvalue weighted by Gasteiger charge is 2.27. The zero-order chi connectivity index (χ0) is 20.1. The van der Waals surface area contributed by atoms with Crippen LogP contribution in [0.3, 0.4) is 0 Å². The molecule has 1 aromatic heterocycles. The lowest BCUT2D eigenvalue weighted by molar-refractivity contribution is -0.132. The number of ether oxygens (including phenoxy) is 1. The van der Waals surface area contributed by atoms with Gasteiger partial charge in [-0.2, -0.15) is 0 Å². The first-order chi connectivity index (χ1) is 13.5. The van der Waals surface area contributed by atoms with Gasteiger partial charge in [-0.15, -0.1) is 0 Å². The van der Waals surface area contributed by atoms with Crippen LogP contribution in [0.1, 0.15) is 17.5 Å². The van der Waals surface area contributed by atoms with Gasteiger partial charge in [0.2, 0.25) is 11.8 Å². The van der Waals surface area contributed by atoms with Crippen molar-refractivity contribution in [2.75, 3.05) is 44.7 Å². The molecule has 2 heterocycles. The van der Waals surface area contributed by atoms with E-state index in [0.717, 1.165) is 0 Å². The molecule has 0 radical (unpaired) electrons. The summed E-state index contributed by atoms with van der Waals surface area (Å²) in [6.07, 6.45) is 1.46. The van der Waals surface area contributed by atoms with Gasteiger partial charge in [0.25, 0.3) is 5.91 Å². The Balaban J connectivity index is 1.60. The highest BCUT2D eigenvalue weighted by Crippen LogP contribution is 2.21. The SMILES string of the molecule is COc1cccc(N(CC(=O)N2CCN(C(=O)c3ccco3)CC2)C(C)=O)c1. The molecule has 3 amide bonds. The minimum absolute atomic E-state index is 0.0609. The van der Waals surface area contributed by atoms with Gasteiger partial charge in [0.15, 0.2) is 5.76 Å². The molecule has 0 saturated carbocycles. The first-order valence-corrected chi connectivity index (χ1v) is 9.02. The number of methoxy groups -OCH3 is 1. The molecule has 1 aromatic carbocycles. The van der Waals surface area contributed by atoms with Gasteiger partial charge >= 0.3 is 0 Å². The fourth-order valence-corrected chi connectivity index (χ4v) is 3.11. The van der Waals surface area contributed by atoms with Crippen molar-refractivity contribution >= 4 is 23.4 Å². The van der Waals surface area contributed by atoms with Crippen LogP contribution in [0.4, 0.5) is 5.69 Å². The van der Waals surface area contributed by atoms with Gasteiger partial charge < -0.3 is 23.9 Å². The van der Waals surface area contributed by atoms with Crippen LogP contribution < -0.4 is 9.64 Å². The maximum atomic E-state index is 12.7. The van der Waals surface area contributed by atoms with E-state index in [2.05, 4.69) is 0 Å². The molecule has 0 spiro atoms. The monoisotopic (exact) mass is 385 g/mol. The molecule has 8 heteroatoms. The van der Waals surface area contributed by atoms with Gasteiger partial charge in [0.1, 0.15) is 12.3 Å². The number of carbonyl (C=O) groups is 3. The smallest absolute Gasteiger partial charge is 0.289 e. The van der Waals surface area contributed by atoms with Crippen molar-refractivity contribution in [2.45, 2.75) is 6.92 Å². The van der Waals surface area contributed by atoms with Crippen molar-refractivity contribution in [3.8, 4) is 5.75 Å². The van der Waals surface area contributed by atoms with Crippen molar-refractivity contribution < 1.29 is 23.5 Å². The quantitative estimate of drug-likeness (QED) is 0.781. The first kappa shape index (κ1) is 19.5. The average molecular weight is 385 g/mol. The highest BCUT2D eigenvalue weighted by atomic mass is 16.5. The van der Waals surface area contributed by atoms with Crippen LogP contribution in [0.15, 0.2) is 47.1 Å². The van der Waals surface area contributed by atoms with Crippen LogP contribution in [-0.2, 0) is 9.59 Å². The third kappa shape index (κ3) is 4.33. The van der Waals surface area contributed by atoms with Gasteiger partial charge in [-0.1, -0.05) is 6.07 Å². The van der Waals surface area contributed by atoms with Crippen molar-refractivity contribution in [3.05, 3.63) is 48.4 Å². The third-order valence-corrected chi connectivity index (χ3v) is 4.69. The number of hydrogen-bond donors (Lipinski definition) is 0. The van der Waals surface area contributed by atoms with Gasteiger partial charge in [-0.3, -0.25) is 14.4 Å². The third-order valence-electron chi connectivity index (χ3n) is 4.69. The molecule has 2 aromatic rings. The minimum atomic E-state index is -0.228. The van der Waals surface area contributed by atoms with Gasteiger partial charge in [0, 0.05) is 44.9 Å². The van der Waals surface area contributed by atoms with E-state index in [9.17, 15) is 14.4 Å². The summed E-state index contributed by atoms with van der Waals surface area (Å²) in [6, 6.07) is 10.3. The molecule has 3 rings (SSSR count). The maximum absolute atomic E-state index is 12.7. The second kappa shape index (κ2) is 8.60. The summed E-state index contributed by atoms with van der Waals surface area (Å²) >= 11 is 0. The lowest BCUT2D eigenvalue weighted by atomic mass is 10.2. The summed E-state index contributed by atoms with van der Waals surface area (Å²) < 4.78 is 10.3. The molecular formula is C20H23N3O5. The molecule has 1 aliphatic rings. The minimum Gasteiger partial charge on any atom is -0.497 e. The predicted octanol–water partition coefficient (Wildman–Crippen LogP) is 1.63. The molecule has 0 N–H and O–H groups in total. The standard InChI is InChI=1S/C20H23N3O5/c1-15(24)23(16-5-3-6-17(13-16)27-2)14-19(25)21-8-10-22(11-9-21)20(26)18-7-4-12-28-18/h3-7,12-13H,8-11,14H2,1-2H3. The maximum Gasteiger partial charge on any atom is 0.289 e. The molecule has 0 bridgehead atoms. The number of amides is 3. The number of hydrogen-bond acceptors (Lipinski definition) is 5. The predicted molar refractivity (Wildman–Crippen MR) is 102 cm³/mol. The van der Waals surface area contributed by atoms with E-state index < -0.39 is 0 Å². The summed E-state index contributed by atoms with van der Waals surface area (Å²) in [5.74, 6) is 0.331. The fraction of sp³-hybridized carbons (Fsp3) is 0.350. The summed E-state index contributed by atoms with van der Waals surface area (Å²) in [4.78, 5) is 41.9. The number of furan rings is 1. The molecule has 0 unspecified atom stereocenters. The molecule has 1 fully saturated rings. The Bertz CT molecular complexity index is 841. The Hall–Kier alpha value is -3.29. The zero-order valence-corrected chi connectivity index (χ0v) is 16.0. The van der Waals surface area contributed by atoms with Crippen molar-refractivity contribution in [2.24, 2.45) is 0 Å². The molecule has 8 nitrogen and oxygen atoms in total. The van der Waals surface area contributed by atoms with Crippen LogP contribution in [-0.4, -0.2) is 67.4 Å². The molecule has 28 heavy (non-hydrogen) atoms. The topological polar surface area (TPSA) is 83.3 Å². The van der Waals surface area contributed by atoms with E-state index in [0.29, 0.717) is 43.4 Å². The number of anilines is 1. The van der Waals surface area contributed by atoms with E-state index in [4.69, 9.17) is 9.15 Å². The van der Waals surface area contributed by atoms with Gasteiger partial charge in [0.05, 0.1) is 13.4 Å². The molecule has 148 valence electrons. The average Bonchev–Trinajstić information content (AvgIpc) is 3.26.